The van der Waals surface area contributed by atoms with Crippen LogP contribution in [0.2, 0.25) is 0 Å². The van der Waals surface area contributed by atoms with Crippen molar-refractivity contribution in [2.45, 2.75) is 0 Å². The van der Waals surface area contributed by atoms with E-state index in [1.807, 2.05) is 121 Å². The van der Waals surface area contributed by atoms with Crippen molar-refractivity contribution in [3.8, 4) is 22.3 Å². The molecule has 0 aliphatic heterocycles. The molecule has 45 heavy (non-hydrogen) atoms. The van der Waals surface area contributed by atoms with Crippen LogP contribution in [0.3, 0.4) is 0 Å². The quantitative estimate of drug-likeness (QED) is 0.201. The van der Waals surface area contributed by atoms with Crippen molar-refractivity contribution in [2.75, 3.05) is 4.90 Å². The molecule has 0 atom stereocenters. The van der Waals surface area contributed by atoms with Gasteiger partial charge in [-0.2, -0.15) is 0 Å². The van der Waals surface area contributed by atoms with Crippen molar-refractivity contribution in [1.82, 2.24) is 0 Å². The van der Waals surface area contributed by atoms with Gasteiger partial charge in [-0.15, -0.1) is 0 Å². The van der Waals surface area contributed by atoms with Crippen molar-refractivity contribution in [3.63, 3.8) is 0 Å². The van der Waals surface area contributed by atoms with E-state index in [9.17, 15) is 4.11 Å². The van der Waals surface area contributed by atoms with E-state index in [1.165, 1.54) is 0 Å². The van der Waals surface area contributed by atoms with Gasteiger partial charge in [0.05, 0.1) is 21.0 Å². The lowest BCUT2D eigenvalue weighted by molar-refractivity contribution is 0.667. The molecule has 0 aliphatic rings. The van der Waals surface area contributed by atoms with E-state index in [0.29, 0.717) is 22.5 Å². The molecular weight excluding hydrogens is 550 g/mol. The van der Waals surface area contributed by atoms with Gasteiger partial charge in [-0.1, -0.05) is 115 Å². The van der Waals surface area contributed by atoms with Gasteiger partial charge in [0.2, 0.25) is 0 Å². The van der Waals surface area contributed by atoms with Crippen LogP contribution in [0.4, 0.5) is 17.1 Å². The lowest BCUT2D eigenvalue weighted by Crippen LogP contribution is -2.11. The predicted octanol–water partition coefficient (Wildman–Crippen LogP) is 12.3. The van der Waals surface area contributed by atoms with E-state index in [-0.39, 0.29) is 51.8 Å². The fraction of sp³-hybridized carbons (Fsp3) is 0. The Balaban J connectivity index is 1.42. The normalized spacial score (nSPS) is 13.7. The van der Waals surface area contributed by atoms with Crippen molar-refractivity contribution in [1.29, 1.82) is 0 Å². The third-order valence-corrected chi connectivity index (χ3v) is 8.16. The molecule has 0 spiro atoms. The van der Waals surface area contributed by atoms with E-state index in [4.69, 9.17) is 14.3 Å². The lowest BCUT2D eigenvalue weighted by Gasteiger charge is -2.28. The number of anilines is 3. The van der Waals surface area contributed by atoms with Gasteiger partial charge < -0.3 is 13.7 Å². The number of hydrogen-bond acceptors (Lipinski definition) is 3. The standard InChI is InChI=1S/C42H27NO2/c1-3-11-28(12-4-1)29-19-21-31(22-20-29)43(32-23-24-36-34-15-7-9-17-38(34)44-40(36)27-32)41-33(30-13-5-2-6-14-30)25-26-37-35-16-8-10-18-39(35)45-42(37)41/h1-27H/i7D,9D,15D,17D,23D,24D,27D. The van der Waals surface area contributed by atoms with E-state index >= 15 is 0 Å². The van der Waals surface area contributed by atoms with Crippen molar-refractivity contribution in [2.24, 2.45) is 0 Å². The number of nitrogens with zero attached hydrogens (tertiary/aromatic N) is 1. The van der Waals surface area contributed by atoms with Crippen LogP contribution in [0.25, 0.3) is 66.1 Å². The fourth-order valence-electron chi connectivity index (χ4n) is 6.05. The van der Waals surface area contributed by atoms with Gasteiger partial charge >= 0.3 is 0 Å². The summed E-state index contributed by atoms with van der Waals surface area (Å²) in [6, 6.07) is 36.6. The topological polar surface area (TPSA) is 29.5 Å². The minimum atomic E-state index is -0.481. The van der Waals surface area contributed by atoms with Gasteiger partial charge in [0.1, 0.15) is 16.7 Å². The summed E-state index contributed by atoms with van der Waals surface area (Å²) in [6.07, 6.45) is 0. The van der Waals surface area contributed by atoms with E-state index < -0.39 is 18.1 Å². The first-order valence-corrected chi connectivity index (χ1v) is 14.6. The molecule has 3 nitrogen and oxygen atoms in total. The van der Waals surface area contributed by atoms with Gasteiger partial charge in [0, 0.05) is 38.8 Å². The minimum absolute atomic E-state index is 0.00893. The first-order chi connectivity index (χ1) is 25.2. The predicted molar refractivity (Wildman–Crippen MR) is 187 cm³/mol. The third-order valence-electron chi connectivity index (χ3n) is 8.16. The second-order valence-corrected chi connectivity index (χ2v) is 10.8. The molecule has 0 saturated heterocycles. The lowest BCUT2D eigenvalue weighted by atomic mass is 9.98. The average Bonchev–Trinajstić information content (AvgIpc) is 3.78. The second kappa shape index (κ2) is 10.3. The highest BCUT2D eigenvalue weighted by molar-refractivity contribution is 6.14. The Morgan fingerprint density at radius 3 is 1.96 bits per heavy atom. The summed E-state index contributed by atoms with van der Waals surface area (Å²) in [5.74, 6) is 0. The van der Waals surface area contributed by atoms with Crippen LogP contribution in [0.5, 0.6) is 0 Å². The van der Waals surface area contributed by atoms with E-state index in [0.717, 1.165) is 33.0 Å². The number of rotatable bonds is 5. The summed E-state index contributed by atoms with van der Waals surface area (Å²) in [5.41, 5.74) is 5.68. The van der Waals surface area contributed by atoms with E-state index in [2.05, 4.69) is 0 Å². The van der Waals surface area contributed by atoms with Gasteiger partial charge in [0.15, 0.2) is 5.58 Å². The van der Waals surface area contributed by atoms with Crippen LogP contribution in [0.15, 0.2) is 172 Å². The molecule has 0 aliphatic carbocycles. The van der Waals surface area contributed by atoms with Gasteiger partial charge in [-0.05, 0) is 59.1 Å². The number of hydrogen-bond donors (Lipinski definition) is 0. The smallest absolute Gasteiger partial charge is 0.160 e. The van der Waals surface area contributed by atoms with Gasteiger partial charge in [-0.3, -0.25) is 0 Å². The van der Waals surface area contributed by atoms with E-state index in [1.54, 1.807) is 4.90 Å². The molecule has 0 N–H and O–H groups in total. The first-order valence-electron chi connectivity index (χ1n) is 18.1. The maximum absolute atomic E-state index is 9.67. The summed E-state index contributed by atoms with van der Waals surface area (Å²) in [5, 5.41) is 1.69. The molecule has 0 unspecified atom stereocenters. The molecule has 0 saturated carbocycles. The SMILES string of the molecule is [2H]c1c([2H])c([2H])c2c(oc3c([2H])c(N(c4ccc(-c5ccccc5)cc4)c4c(-c5ccccc5)ccc5c4oc4ccccc45)c([2H])c([2H])c32)c1[2H]. The van der Waals surface area contributed by atoms with Crippen LogP contribution in [-0.4, -0.2) is 0 Å². The maximum Gasteiger partial charge on any atom is 0.160 e. The summed E-state index contributed by atoms with van der Waals surface area (Å²) in [7, 11) is 0. The fourth-order valence-corrected chi connectivity index (χ4v) is 6.05. The Kier molecular flexibility index (Phi) is 4.40. The number of furan rings is 2. The van der Waals surface area contributed by atoms with Gasteiger partial charge in [-0.25, -0.2) is 0 Å². The summed E-state index contributed by atoms with van der Waals surface area (Å²) >= 11 is 0. The highest BCUT2D eigenvalue weighted by atomic mass is 16.3. The van der Waals surface area contributed by atoms with Crippen LogP contribution in [0.1, 0.15) is 9.60 Å². The van der Waals surface area contributed by atoms with Crippen molar-refractivity contribution >= 4 is 60.9 Å². The number of para-hydroxylation sites is 2. The third kappa shape index (κ3) is 4.21. The zero-order chi connectivity index (χ0) is 35.8. The molecule has 212 valence electrons. The molecule has 9 aromatic rings. The number of benzene rings is 7. The molecule has 9 rings (SSSR count). The molecule has 0 fully saturated rings. The zero-order valence-corrected chi connectivity index (χ0v) is 23.8. The highest BCUT2D eigenvalue weighted by Gasteiger charge is 2.24. The summed E-state index contributed by atoms with van der Waals surface area (Å²) in [4.78, 5) is 1.77. The minimum Gasteiger partial charge on any atom is -0.456 e. The second-order valence-electron chi connectivity index (χ2n) is 10.8. The van der Waals surface area contributed by atoms with Crippen LogP contribution in [-0.2, 0) is 0 Å². The molecule has 3 heteroatoms. The Bertz CT molecular complexity index is 2870. The monoisotopic (exact) mass is 584 g/mol. The van der Waals surface area contributed by atoms with Crippen molar-refractivity contribution in [3.05, 3.63) is 164 Å². The molecule has 0 bridgehead atoms. The molecule has 2 heterocycles. The molecule has 0 amide bonds. The zero-order valence-electron chi connectivity index (χ0n) is 30.8. The number of fused-ring (bicyclic) bond motifs is 6. The average molecular weight is 585 g/mol. The Labute approximate surface area is 270 Å². The molecule has 2 aromatic heterocycles. The Morgan fingerprint density at radius 1 is 0.444 bits per heavy atom. The van der Waals surface area contributed by atoms with Gasteiger partial charge in [0.25, 0.3) is 0 Å². The maximum atomic E-state index is 9.67. The summed E-state index contributed by atoms with van der Waals surface area (Å²) < 4.78 is 75.0. The Hall–Kier alpha value is -6.06. The summed E-state index contributed by atoms with van der Waals surface area (Å²) in [6.45, 7) is 0. The van der Waals surface area contributed by atoms with Crippen LogP contribution >= 0.6 is 0 Å². The Morgan fingerprint density at radius 2 is 1.13 bits per heavy atom. The molecule has 0 radical (unpaired) electrons. The largest absolute Gasteiger partial charge is 0.456 e. The van der Waals surface area contributed by atoms with Crippen LogP contribution < -0.4 is 4.90 Å². The first kappa shape index (κ1) is 19.3. The molecule has 7 aromatic carbocycles. The molecular formula is C42H27NO2. The van der Waals surface area contributed by atoms with Crippen molar-refractivity contribution < 1.29 is 18.4 Å². The van der Waals surface area contributed by atoms with Crippen LogP contribution in [0, 0.1) is 0 Å². The highest BCUT2D eigenvalue weighted by Crippen LogP contribution is 2.48.